The van der Waals surface area contributed by atoms with Crippen LogP contribution in [0.1, 0.15) is 10.4 Å². The molecule has 0 heterocycles. The van der Waals surface area contributed by atoms with Crippen LogP contribution in [0.25, 0.3) is 0 Å². The molecular weight excluding hydrogens is 254 g/mol. The zero-order valence-corrected chi connectivity index (χ0v) is 9.65. The molecule has 0 aromatic heterocycles. The minimum atomic E-state index is -1.22. The maximum atomic E-state index is 13.4. The third kappa shape index (κ3) is 2.62. The maximum Gasteiger partial charge on any atom is 0.258 e. The molecule has 6 heteroatoms. The van der Waals surface area contributed by atoms with Gasteiger partial charge in [0.25, 0.3) is 5.91 Å². The molecule has 0 aliphatic carbocycles. The van der Waals surface area contributed by atoms with Crippen molar-refractivity contribution in [3.8, 4) is 5.75 Å². The number of hydrogen-bond donors (Lipinski definition) is 3. The maximum absolute atomic E-state index is 13.4. The highest BCUT2D eigenvalue weighted by atomic mass is 19.2. The lowest BCUT2D eigenvalue weighted by atomic mass is 10.1. The van der Waals surface area contributed by atoms with Crippen molar-refractivity contribution in [1.29, 1.82) is 0 Å². The van der Waals surface area contributed by atoms with E-state index in [1.165, 1.54) is 24.3 Å². The number of phenols is 1. The van der Waals surface area contributed by atoms with Crippen molar-refractivity contribution < 1.29 is 18.7 Å². The number of nitrogens with two attached hydrogens (primary N) is 1. The standard InChI is InChI=1S/C13H10F2N2O2/c14-9-3-1-2-8(12(9)15)13(19)17-11-5-4-7(18)6-10(11)16/h1-6,18H,16H2,(H,17,19). The first-order chi connectivity index (χ1) is 8.99. The van der Waals surface area contributed by atoms with Gasteiger partial charge in [-0.2, -0.15) is 0 Å². The van der Waals surface area contributed by atoms with E-state index in [1.54, 1.807) is 0 Å². The van der Waals surface area contributed by atoms with E-state index in [9.17, 15) is 13.6 Å². The highest BCUT2D eigenvalue weighted by molar-refractivity contribution is 6.05. The Morgan fingerprint density at radius 3 is 2.63 bits per heavy atom. The van der Waals surface area contributed by atoms with Crippen LogP contribution in [0.4, 0.5) is 20.2 Å². The van der Waals surface area contributed by atoms with Crippen LogP contribution in [0, 0.1) is 11.6 Å². The second kappa shape index (κ2) is 4.93. The van der Waals surface area contributed by atoms with Crippen LogP contribution in [-0.2, 0) is 0 Å². The molecule has 2 rings (SSSR count). The molecule has 0 aliphatic rings. The van der Waals surface area contributed by atoms with E-state index in [4.69, 9.17) is 10.8 Å². The summed E-state index contributed by atoms with van der Waals surface area (Å²) in [6, 6.07) is 7.21. The third-order valence-corrected chi connectivity index (χ3v) is 2.48. The van der Waals surface area contributed by atoms with Gasteiger partial charge in [0.05, 0.1) is 16.9 Å². The molecule has 1 amide bonds. The SMILES string of the molecule is Nc1cc(O)ccc1NC(=O)c1cccc(F)c1F. The fraction of sp³-hybridized carbons (Fsp3) is 0. The quantitative estimate of drug-likeness (QED) is 0.576. The van der Waals surface area contributed by atoms with Crippen molar-refractivity contribution in [2.75, 3.05) is 11.1 Å². The Balaban J connectivity index is 2.28. The summed E-state index contributed by atoms with van der Waals surface area (Å²) in [4.78, 5) is 11.8. The number of nitrogens with one attached hydrogen (secondary N) is 1. The van der Waals surface area contributed by atoms with Crippen LogP contribution in [0.3, 0.4) is 0 Å². The van der Waals surface area contributed by atoms with Crippen LogP contribution in [0.5, 0.6) is 5.75 Å². The zero-order valence-electron chi connectivity index (χ0n) is 9.65. The van der Waals surface area contributed by atoms with Crippen LogP contribution < -0.4 is 11.1 Å². The Morgan fingerprint density at radius 1 is 1.21 bits per heavy atom. The summed E-state index contributed by atoms with van der Waals surface area (Å²) in [5.74, 6) is -3.22. The Hall–Kier alpha value is -2.63. The summed E-state index contributed by atoms with van der Waals surface area (Å²) in [5.41, 5.74) is 5.47. The summed E-state index contributed by atoms with van der Waals surface area (Å²) in [7, 11) is 0. The Bertz CT molecular complexity index is 645. The van der Waals surface area contributed by atoms with Crippen LogP contribution in [-0.4, -0.2) is 11.0 Å². The second-order valence-corrected chi connectivity index (χ2v) is 3.83. The van der Waals surface area contributed by atoms with Crippen molar-refractivity contribution in [3.63, 3.8) is 0 Å². The average molecular weight is 264 g/mol. The predicted octanol–water partition coefficient (Wildman–Crippen LogP) is 2.50. The molecule has 0 fully saturated rings. The lowest BCUT2D eigenvalue weighted by Crippen LogP contribution is -2.15. The number of anilines is 2. The lowest BCUT2D eigenvalue weighted by Gasteiger charge is -2.09. The van der Waals surface area contributed by atoms with Gasteiger partial charge >= 0.3 is 0 Å². The number of benzene rings is 2. The van der Waals surface area contributed by atoms with Crippen LogP contribution >= 0.6 is 0 Å². The summed E-state index contributed by atoms with van der Waals surface area (Å²) in [5, 5.41) is 11.5. The molecule has 0 bridgehead atoms. The monoisotopic (exact) mass is 264 g/mol. The fourth-order valence-corrected chi connectivity index (χ4v) is 1.53. The molecule has 0 saturated carbocycles. The minimum Gasteiger partial charge on any atom is -0.508 e. The number of carbonyl (C=O) groups is 1. The number of carbonyl (C=O) groups excluding carboxylic acids is 1. The van der Waals surface area contributed by atoms with E-state index in [0.717, 1.165) is 12.1 Å². The van der Waals surface area contributed by atoms with Gasteiger partial charge in [-0.3, -0.25) is 4.79 Å². The number of nitrogen functional groups attached to an aromatic ring is 1. The van der Waals surface area contributed by atoms with Gasteiger partial charge in [-0.05, 0) is 24.3 Å². The smallest absolute Gasteiger partial charge is 0.258 e. The van der Waals surface area contributed by atoms with Crippen molar-refractivity contribution >= 4 is 17.3 Å². The van der Waals surface area contributed by atoms with E-state index in [0.29, 0.717) is 0 Å². The summed E-state index contributed by atoms with van der Waals surface area (Å²) in [6.45, 7) is 0. The summed E-state index contributed by atoms with van der Waals surface area (Å²) < 4.78 is 26.4. The van der Waals surface area contributed by atoms with Crippen molar-refractivity contribution in [1.82, 2.24) is 0 Å². The first-order valence-electron chi connectivity index (χ1n) is 5.33. The molecule has 0 aliphatic heterocycles. The number of amides is 1. The molecule has 4 N–H and O–H groups in total. The fourth-order valence-electron chi connectivity index (χ4n) is 1.53. The van der Waals surface area contributed by atoms with E-state index < -0.39 is 23.1 Å². The number of phenolic OH excluding ortho intramolecular Hbond substituents is 1. The van der Waals surface area contributed by atoms with Crippen molar-refractivity contribution in [3.05, 3.63) is 53.6 Å². The van der Waals surface area contributed by atoms with Gasteiger partial charge in [-0.1, -0.05) is 6.07 Å². The topological polar surface area (TPSA) is 75.3 Å². The minimum absolute atomic E-state index is 0.0626. The Labute approximate surface area is 107 Å². The van der Waals surface area contributed by atoms with Crippen LogP contribution in [0.15, 0.2) is 36.4 Å². The van der Waals surface area contributed by atoms with Gasteiger partial charge < -0.3 is 16.2 Å². The molecule has 0 spiro atoms. The number of rotatable bonds is 2. The highest BCUT2D eigenvalue weighted by Crippen LogP contribution is 2.24. The van der Waals surface area contributed by atoms with Crippen LogP contribution in [0.2, 0.25) is 0 Å². The molecule has 98 valence electrons. The van der Waals surface area contributed by atoms with Crippen molar-refractivity contribution in [2.24, 2.45) is 0 Å². The zero-order chi connectivity index (χ0) is 14.0. The van der Waals surface area contributed by atoms with Gasteiger partial charge in [0, 0.05) is 6.07 Å². The number of hydrogen-bond acceptors (Lipinski definition) is 3. The summed E-state index contributed by atoms with van der Waals surface area (Å²) >= 11 is 0. The molecular formula is C13H10F2N2O2. The third-order valence-electron chi connectivity index (χ3n) is 2.48. The molecule has 19 heavy (non-hydrogen) atoms. The molecule has 0 radical (unpaired) electrons. The first kappa shape index (κ1) is 12.8. The highest BCUT2D eigenvalue weighted by Gasteiger charge is 2.15. The predicted molar refractivity (Wildman–Crippen MR) is 66.8 cm³/mol. The molecule has 0 saturated heterocycles. The molecule has 2 aromatic carbocycles. The molecule has 2 aromatic rings. The molecule has 0 unspecified atom stereocenters. The molecule has 0 atom stereocenters. The second-order valence-electron chi connectivity index (χ2n) is 3.83. The van der Waals surface area contributed by atoms with Gasteiger partial charge in [0.15, 0.2) is 11.6 Å². The Morgan fingerprint density at radius 2 is 1.95 bits per heavy atom. The van der Waals surface area contributed by atoms with Crippen molar-refractivity contribution in [2.45, 2.75) is 0 Å². The van der Waals surface area contributed by atoms with E-state index in [1.807, 2.05) is 0 Å². The van der Waals surface area contributed by atoms with E-state index in [-0.39, 0.29) is 17.1 Å². The molecule has 4 nitrogen and oxygen atoms in total. The first-order valence-corrected chi connectivity index (χ1v) is 5.33. The summed E-state index contributed by atoms with van der Waals surface area (Å²) in [6.07, 6.45) is 0. The van der Waals surface area contributed by atoms with Gasteiger partial charge in [0.1, 0.15) is 5.75 Å². The van der Waals surface area contributed by atoms with E-state index >= 15 is 0 Å². The number of halogens is 2. The lowest BCUT2D eigenvalue weighted by molar-refractivity contribution is 0.102. The largest absolute Gasteiger partial charge is 0.508 e. The van der Waals surface area contributed by atoms with E-state index in [2.05, 4.69) is 5.32 Å². The van der Waals surface area contributed by atoms with Gasteiger partial charge in [-0.25, -0.2) is 8.78 Å². The Kier molecular flexibility index (Phi) is 3.33. The number of aromatic hydroxyl groups is 1. The average Bonchev–Trinajstić information content (AvgIpc) is 2.36. The normalized spacial score (nSPS) is 10.2. The van der Waals surface area contributed by atoms with Gasteiger partial charge in [0.2, 0.25) is 0 Å². The van der Waals surface area contributed by atoms with Gasteiger partial charge in [-0.15, -0.1) is 0 Å².